The van der Waals surface area contributed by atoms with Crippen LogP contribution in [0.4, 0.5) is 14.5 Å². The Morgan fingerprint density at radius 1 is 1.33 bits per heavy atom. The van der Waals surface area contributed by atoms with Gasteiger partial charge in [-0.1, -0.05) is 12.8 Å². The van der Waals surface area contributed by atoms with Crippen LogP contribution < -0.4 is 11.1 Å². The molecule has 3 nitrogen and oxygen atoms in total. The second-order valence-electron chi connectivity index (χ2n) is 4.77. The SMILES string of the molecule is NCC1(C(=O)Nc2cc(F)ccc2F)CCCC1. The van der Waals surface area contributed by atoms with E-state index in [1.807, 2.05) is 0 Å². The topological polar surface area (TPSA) is 55.1 Å². The third kappa shape index (κ3) is 2.36. The third-order valence-corrected chi connectivity index (χ3v) is 3.61. The summed E-state index contributed by atoms with van der Waals surface area (Å²) in [5.41, 5.74) is 4.91. The van der Waals surface area contributed by atoms with E-state index >= 15 is 0 Å². The molecule has 0 spiro atoms. The van der Waals surface area contributed by atoms with E-state index in [1.165, 1.54) is 0 Å². The van der Waals surface area contributed by atoms with Gasteiger partial charge in [0.05, 0.1) is 11.1 Å². The van der Waals surface area contributed by atoms with Crippen LogP contribution in [-0.2, 0) is 4.79 Å². The molecular formula is C13H16F2N2O. The van der Waals surface area contributed by atoms with E-state index in [4.69, 9.17) is 5.73 Å². The maximum absolute atomic E-state index is 13.4. The first-order valence-corrected chi connectivity index (χ1v) is 6.04. The lowest BCUT2D eigenvalue weighted by Crippen LogP contribution is -2.40. The van der Waals surface area contributed by atoms with Gasteiger partial charge in [-0.25, -0.2) is 8.78 Å². The molecule has 0 saturated heterocycles. The summed E-state index contributed by atoms with van der Waals surface area (Å²) in [6.45, 7) is 0.232. The number of halogens is 2. The van der Waals surface area contributed by atoms with Crippen LogP contribution in [0.15, 0.2) is 18.2 Å². The standard InChI is InChI=1S/C13H16F2N2O/c14-9-3-4-10(15)11(7-9)17-12(18)13(8-16)5-1-2-6-13/h3-4,7H,1-2,5-6,8,16H2,(H,17,18). The molecule has 18 heavy (non-hydrogen) atoms. The van der Waals surface area contributed by atoms with Crippen LogP contribution in [-0.4, -0.2) is 12.5 Å². The van der Waals surface area contributed by atoms with Crippen molar-refractivity contribution in [3.63, 3.8) is 0 Å². The number of amides is 1. The molecule has 5 heteroatoms. The highest BCUT2D eigenvalue weighted by Gasteiger charge is 2.40. The number of carbonyl (C=O) groups excluding carboxylic acids is 1. The van der Waals surface area contributed by atoms with Crippen LogP contribution in [0.2, 0.25) is 0 Å². The van der Waals surface area contributed by atoms with Crippen molar-refractivity contribution in [3.8, 4) is 0 Å². The average molecular weight is 254 g/mol. The maximum atomic E-state index is 13.4. The monoisotopic (exact) mass is 254 g/mol. The van der Waals surface area contributed by atoms with E-state index < -0.39 is 17.0 Å². The zero-order valence-electron chi connectivity index (χ0n) is 10.0. The summed E-state index contributed by atoms with van der Waals surface area (Å²) in [7, 11) is 0. The summed E-state index contributed by atoms with van der Waals surface area (Å²) in [5, 5.41) is 2.45. The normalized spacial score (nSPS) is 17.7. The fourth-order valence-corrected chi connectivity index (χ4v) is 2.42. The van der Waals surface area contributed by atoms with Crippen molar-refractivity contribution in [1.82, 2.24) is 0 Å². The van der Waals surface area contributed by atoms with Crippen molar-refractivity contribution < 1.29 is 13.6 Å². The first kappa shape index (κ1) is 13.0. The van der Waals surface area contributed by atoms with Gasteiger partial charge >= 0.3 is 0 Å². The van der Waals surface area contributed by atoms with Crippen molar-refractivity contribution >= 4 is 11.6 Å². The summed E-state index contributed by atoms with van der Waals surface area (Å²) in [6.07, 6.45) is 3.28. The van der Waals surface area contributed by atoms with Crippen molar-refractivity contribution in [3.05, 3.63) is 29.8 Å². The zero-order chi connectivity index (χ0) is 13.2. The lowest BCUT2D eigenvalue weighted by atomic mass is 9.85. The zero-order valence-corrected chi connectivity index (χ0v) is 10.0. The van der Waals surface area contributed by atoms with Crippen LogP contribution in [0.1, 0.15) is 25.7 Å². The predicted octanol–water partition coefficient (Wildman–Crippen LogP) is 2.42. The van der Waals surface area contributed by atoms with Crippen molar-refractivity contribution in [2.24, 2.45) is 11.1 Å². The minimum atomic E-state index is -0.644. The highest BCUT2D eigenvalue weighted by atomic mass is 19.1. The van der Waals surface area contributed by atoms with Crippen molar-refractivity contribution in [1.29, 1.82) is 0 Å². The summed E-state index contributed by atoms with van der Waals surface area (Å²) in [5.74, 6) is -1.54. The van der Waals surface area contributed by atoms with Crippen LogP contribution in [0.3, 0.4) is 0 Å². The van der Waals surface area contributed by atoms with Gasteiger partial charge in [-0.05, 0) is 25.0 Å². The van der Waals surface area contributed by atoms with Crippen LogP contribution >= 0.6 is 0 Å². The van der Waals surface area contributed by atoms with Gasteiger partial charge in [-0.3, -0.25) is 4.79 Å². The quantitative estimate of drug-likeness (QED) is 0.870. The molecule has 1 aromatic carbocycles. The summed E-state index contributed by atoms with van der Waals surface area (Å²) < 4.78 is 26.4. The van der Waals surface area contributed by atoms with Gasteiger partial charge in [0.25, 0.3) is 0 Å². The van der Waals surface area contributed by atoms with Gasteiger partial charge in [-0.15, -0.1) is 0 Å². The minimum absolute atomic E-state index is 0.125. The lowest BCUT2D eigenvalue weighted by Gasteiger charge is -2.25. The lowest BCUT2D eigenvalue weighted by molar-refractivity contribution is -0.124. The van der Waals surface area contributed by atoms with Gasteiger partial charge in [0.2, 0.25) is 5.91 Å². The Morgan fingerprint density at radius 3 is 2.61 bits per heavy atom. The first-order valence-electron chi connectivity index (χ1n) is 6.04. The number of rotatable bonds is 3. The minimum Gasteiger partial charge on any atom is -0.329 e. The molecule has 1 aliphatic carbocycles. The highest BCUT2D eigenvalue weighted by molar-refractivity contribution is 5.95. The molecule has 2 rings (SSSR count). The Hall–Kier alpha value is -1.49. The van der Waals surface area contributed by atoms with Gasteiger partial charge in [-0.2, -0.15) is 0 Å². The second-order valence-corrected chi connectivity index (χ2v) is 4.77. The molecule has 0 aromatic heterocycles. The average Bonchev–Trinajstić information content (AvgIpc) is 2.84. The third-order valence-electron chi connectivity index (χ3n) is 3.61. The maximum Gasteiger partial charge on any atom is 0.231 e. The van der Waals surface area contributed by atoms with E-state index in [9.17, 15) is 13.6 Å². The van der Waals surface area contributed by atoms with Crippen LogP contribution in [0, 0.1) is 17.0 Å². The summed E-state index contributed by atoms with van der Waals surface area (Å²) in [6, 6.07) is 2.99. The molecule has 0 aliphatic heterocycles. The number of anilines is 1. The van der Waals surface area contributed by atoms with E-state index in [1.54, 1.807) is 0 Å². The number of benzene rings is 1. The summed E-state index contributed by atoms with van der Waals surface area (Å²) >= 11 is 0. The molecule has 1 aliphatic rings. The molecule has 1 fully saturated rings. The van der Waals surface area contributed by atoms with Gasteiger partial charge in [0.15, 0.2) is 0 Å². The number of hydrogen-bond donors (Lipinski definition) is 2. The number of nitrogens with one attached hydrogen (secondary N) is 1. The highest BCUT2D eigenvalue weighted by Crippen LogP contribution is 2.38. The molecule has 0 bridgehead atoms. The van der Waals surface area contributed by atoms with Crippen LogP contribution in [0.5, 0.6) is 0 Å². The Balaban J connectivity index is 2.18. The molecule has 0 atom stereocenters. The summed E-state index contributed by atoms with van der Waals surface area (Å²) in [4.78, 5) is 12.2. The molecule has 0 heterocycles. The molecule has 98 valence electrons. The molecule has 0 radical (unpaired) electrons. The van der Waals surface area contributed by atoms with Gasteiger partial charge < -0.3 is 11.1 Å². The van der Waals surface area contributed by atoms with E-state index in [2.05, 4.69) is 5.32 Å². The second kappa shape index (κ2) is 5.02. The molecule has 1 amide bonds. The van der Waals surface area contributed by atoms with E-state index in [-0.39, 0.29) is 18.1 Å². The van der Waals surface area contributed by atoms with Crippen molar-refractivity contribution in [2.45, 2.75) is 25.7 Å². The Kier molecular flexibility index (Phi) is 3.61. The molecule has 1 aromatic rings. The fourth-order valence-electron chi connectivity index (χ4n) is 2.42. The molecular weight excluding hydrogens is 238 g/mol. The number of hydrogen-bond acceptors (Lipinski definition) is 2. The molecule has 1 saturated carbocycles. The Bertz CT molecular complexity index is 456. The first-order chi connectivity index (χ1) is 8.57. The van der Waals surface area contributed by atoms with Gasteiger partial charge in [0, 0.05) is 12.6 Å². The smallest absolute Gasteiger partial charge is 0.231 e. The van der Waals surface area contributed by atoms with Crippen molar-refractivity contribution in [2.75, 3.05) is 11.9 Å². The Morgan fingerprint density at radius 2 is 2.00 bits per heavy atom. The molecule has 0 unspecified atom stereocenters. The Labute approximate surface area is 104 Å². The largest absolute Gasteiger partial charge is 0.329 e. The fraction of sp³-hybridized carbons (Fsp3) is 0.462. The number of nitrogens with two attached hydrogens (primary N) is 1. The predicted molar refractivity (Wildman–Crippen MR) is 64.9 cm³/mol. The number of carbonyl (C=O) groups is 1. The molecule has 3 N–H and O–H groups in total. The van der Waals surface area contributed by atoms with E-state index in [0.29, 0.717) is 12.8 Å². The van der Waals surface area contributed by atoms with Crippen LogP contribution in [0.25, 0.3) is 0 Å². The van der Waals surface area contributed by atoms with Gasteiger partial charge in [0.1, 0.15) is 11.6 Å². The van der Waals surface area contributed by atoms with E-state index in [0.717, 1.165) is 31.0 Å².